The van der Waals surface area contributed by atoms with Crippen molar-refractivity contribution in [2.24, 2.45) is 5.41 Å². The largest absolute Gasteiger partial charge is 0.371 e. The Morgan fingerprint density at radius 1 is 1.31 bits per heavy atom. The van der Waals surface area contributed by atoms with Crippen molar-refractivity contribution < 1.29 is 0 Å². The molecule has 1 aromatic carbocycles. The summed E-state index contributed by atoms with van der Waals surface area (Å²) in [6.45, 7) is 11.1. The van der Waals surface area contributed by atoms with Gasteiger partial charge in [0.2, 0.25) is 0 Å². The van der Waals surface area contributed by atoms with Gasteiger partial charge in [0.1, 0.15) is 0 Å². The second-order valence-electron chi connectivity index (χ2n) is 5.15. The fourth-order valence-electron chi connectivity index (χ4n) is 1.77. The van der Waals surface area contributed by atoms with Crippen molar-refractivity contribution in [2.75, 3.05) is 23.3 Å². The number of hydrogen-bond acceptors (Lipinski definition) is 1. The molecule has 0 aliphatic rings. The number of alkyl halides is 1. The molecule has 0 unspecified atom stereocenters. The average Bonchev–Trinajstić information content (AvgIpc) is 2.26. The van der Waals surface area contributed by atoms with E-state index in [1.807, 2.05) is 0 Å². The SMILES string of the molecule is CCN(CC(C)(C)CBr)c1cccc(C)c1. The molecule has 0 atom stereocenters. The molecule has 16 heavy (non-hydrogen) atoms. The predicted octanol–water partition coefficient (Wildman–Crippen LogP) is 4.24. The van der Waals surface area contributed by atoms with Crippen LogP contribution in [0.1, 0.15) is 26.3 Å². The molecule has 2 heteroatoms. The molecule has 1 rings (SSSR count). The molecule has 0 saturated carbocycles. The Kier molecular flexibility index (Phi) is 4.85. The van der Waals surface area contributed by atoms with Crippen LogP contribution in [0.15, 0.2) is 24.3 Å². The minimum absolute atomic E-state index is 0.305. The zero-order valence-corrected chi connectivity index (χ0v) is 12.3. The van der Waals surface area contributed by atoms with Crippen LogP contribution in [0.4, 0.5) is 5.69 Å². The number of aryl methyl sites for hydroxylation is 1. The molecule has 1 nitrogen and oxygen atoms in total. The summed E-state index contributed by atoms with van der Waals surface area (Å²) in [7, 11) is 0. The fourth-order valence-corrected chi connectivity index (χ4v) is 1.95. The van der Waals surface area contributed by atoms with Gasteiger partial charge in [-0.15, -0.1) is 0 Å². The molecule has 0 aliphatic heterocycles. The van der Waals surface area contributed by atoms with E-state index in [-0.39, 0.29) is 0 Å². The minimum atomic E-state index is 0.305. The summed E-state index contributed by atoms with van der Waals surface area (Å²) in [6, 6.07) is 8.73. The second kappa shape index (κ2) is 5.72. The van der Waals surface area contributed by atoms with Crippen molar-refractivity contribution in [2.45, 2.75) is 27.7 Å². The lowest BCUT2D eigenvalue weighted by molar-refractivity contribution is 0.425. The van der Waals surface area contributed by atoms with Crippen LogP contribution in [0.2, 0.25) is 0 Å². The first-order valence-electron chi connectivity index (χ1n) is 5.86. The molecular weight excluding hydrogens is 262 g/mol. The van der Waals surface area contributed by atoms with E-state index >= 15 is 0 Å². The van der Waals surface area contributed by atoms with Gasteiger partial charge in [0, 0.05) is 24.1 Å². The monoisotopic (exact) mass is 283 g/mol. The van der Waals surface area contributed by atoms with Crippen LogP contribution in [0.5, 0.6) is 0 Å². The van der Waals surface area contributed by atoms with Gasteiger partial charge in [-0.25, -0.2) is 0 Å². The first kappa shape index (κ1) is 13.6. The summed E-state index contributed by atoms with van der Waals surface area (Å²) >= 11 is 3.59. The Morgan fingerprint density at radius 2 is 2.00 bits per heavy atom. The zero-order chi connectivity index (χ0) is 12.2. The highest BCUT2D eigenvalue weighted by Gasteiger charge is 2.20. The summed E-state index contributed by atoms with van der Waals surface area (Å²) < 4.78 is 0. The van der Waals surface area contributed by atoms with Crippen LogP contribution in [-0.4, -0.2) is 18.4 Å². The van der Waals surface area contributed by atoms with Gasteiger partial charge in [0.25, 0.3) is 0 Å². The van der Waals surface area contributed by atoms with Crippen molar-refractivity contribution in [1.29, 1.82) is 0 Å². The van der Waals surface area contributed by atoms with E-state index in [4.69, 9.17) is 0 Å². The Labute approximate surface area is 108 Å². The Balaban J connectivity index is 2.82. The molecule has 90 valence electrons. The van der Waals surface area contributed by atoms with Gasteiger partial charge in [0.15, 0.2) is 0 Å². The number of benzene rings is 1. The molecule has 0 bridgehead atoms. The summed E-state index contributed by atoms with van der Waals surface area (Å²) in [5, 5.41) is 1.03. The summed E-state index contributed by atoms with van der Waals surface area (Å²) in [4.78, 5) is 2.44. The maximum absolute atomic E-state index is 3.59. The third-order valence-corrected chi connectivity index (χ3v) is 4.25. The number of anilines is 1. The van der Waals surface area contributed by atoms with E-state index in [9.17, 15) is 0 Å². The highest BCUT2D eigenvalue weighted by molar-refractivity contribution is 9.09. The summed E-state index contributed by atoms with van der Waals surface area (Å²) in [6.07, 6.45) is 0. The maximum Gasteiger partial charge on any atom is 0.0368 e. The van der Waals surface area contributed by atoms with Crippen molar-refractivity contribution in [3.63, 3.8) is 0 Å². The van der Waals surface area contributed by atoms with Gasteiger partial charge in [0.05, 0.1) is 0 Å². The maximum atomic E-state index is 3.59. The molecule has 0 saturated heterocycles. The smallest absolute Gasteiger partial charge is 0.0368 e. The number of rotatable bonds is 5. The molecule has 0 spiro atoms. The lowest BCUT2D eigenvalue weighted by Gasteiger charge is -2.32. The van der Waals surface area contributed by atoms with Crippen LogP contribution < -0.4 is 4.90 Å². The Morgan fingerprint density at radius 3 is 2.50 bits per heavy atom. The first-order valence-corrected chi connectivity index (χ1v) is 6.98. The third kappa shape index (κ3) is 3.82. The van der Waals surface area contributed by atoms with E-state index in [0.29, 0.717) is 5.41 Å². The van der Waals surface area contributed by atoms with Crippen molar-refractivity contribution in [3.8, 4) is 0 Å². The molecule has 0 fully saturated rings. The van der Waals surface area contributed by atoms with Crippen molar-refractivity contribution >= 4 is 21.6 Å². The summed E-state index contributed by atoms with van der Waals surface area (Å²) in [5.74, 6) is 0. The molecular formula is C14H22BrN. The number of hydrogen-bond donors (Lipinski definition) is 0. The number of halogens is 1. The lowest BCUT2D eigenvalue weighted by Crippen LogP contribution is -2.35. The van der Waals surface area contributed by atoms with Gasteiger partial charge < -0.3 is 4.90 Å². The van der Waals surface area contributed by atoms with E-state index in [1.165, 1.54) is 11.3 Å². The van der Waals surface area contributed by atoms with Gasteiger partial charge in [-0.2, -0.15) is 0 Å². The molecule has 0 N–H and O–H groups in total. The van der Waals surface area contributed by atoms with Crippen LogP contribution in [0.25, 0.3) is 0 Å². The molecule has 1 aromatic rings. The van der Waals surface area contributed by atoms with Crippen LogP contribution in [-0.2, 0) is 0 Å². The molecule has 0 radical (unpaired) electrons. The molecule has 0 heterocycles. The Hall–Kier alpha value is -0.500. The van der Waals surface area contributed by atoms with Gasteiger partial charge in [-0.3, -0.25) is 0 Å². The molecule has 0 aromatic heterocycles. The quantitative estimate of drug-likeness (QED) is 0.731. The first-order chi connectivity index (χ1) is 7.48. The van der Waals surface area contributed by atoms with Crippen LogP contribution in [0.3, 0.4) is 0 Å². The van der Waals surface area contributed by atoms with E-state index < -0.39 is 0 Å². The van der Waals surface area contributed by atoms with Gasteiger partial charge in [-0.1, -0.05) is 41.9 Å². The van der Waals surface area contributed by atoms with E-state index in [1.54, 1.807) is 0 Å². The van der Waals surface area contributed by atoms with Gasteiger partial charge >= 0.3 is 0 Å². The fraction of sp³-hybridized carbons (Fsp3) is 0.571. The van der Waals surface area contributed by atoms with Gasteiger partial charge in [-0.05, 0) is 37.0 Å². The highest BCUT2D eigenvalue weighted by Crippen LogP contribution is 2.24. The van der Waals surface area contributed by atoms with Crippen molar-refractivity contribution in [1.82, 2.24) is 0 Å². The topological polar surface area (TPSA) is 3.24 Å². The second-order valence-corrected chi connectivity index (χ2v) is 5.71. The predicted molar refractivity (Wildman–Crippen MR) is 76.6 cm³/mol. The average molecular weight is 284 g/mol. The Bertz CT molecular complexity index is 333. The molecule has 0 amide bonds. The number of nitrogens with zero attached hydrogens (tertiary/aromatic N) is 1. The van der Waals surface area contributed by atoms with Crippen LogP contribution >= 0.6 is 15.9 Å². The zero-order valence-electron chi connectivity index (χ0n) is 10.8. The normalized spacial score (nSPS) is 11.6. The van der Waals surface area contributed by atoms with E-state index in [0.717, 1.165) is 18.4 Å². The lowest BCUT2D eigenvalue weighted by atomic mass is 9.95. The minimum Gasteiger partial charge on any atom is -0.371 e. The highest BCUT2D eigenvalue weighted by atomic mass is 79.9. The summed E-state index contributed by atoms with van der Waals surface area (Å²) in [5.41, 5.74) is 2.96. The van der Waals surface area contributed by atoms with E-state index in [2.05, 4.69) is 72.8 Å². The third-order valence-electron chi connectivity index (χ3n) is 2.73. The molecule has 0 aliphatic carbocycles. The standard InChI is InChI=1S/C14H22BrN/c1-5-16(11-14(3,4)10-15)13-8-6-7-12(2)9-13/h6-9H,5,10-11H2,1-4H3. The van der Waals surface area contributed by atoms with Crippen LogP contribution in [0, 0.1) is 12.3 Å². The van der Waals surface area contributed by atoms with Crippen molar-refractivity contribution in [3.05, 3.63) is 29.8 Å².